The second kappa shape index (κ2) is 4.63. The molecule has 80 valence electrons. The lowest BCUT2D eigenvalue weighted by molar-refractivity contribution is 0.731. The van der Waals surface area contributed by atoms with Crippen molar-refractivity contribution in [3.05, 3.63) is 53.6 Å². The lowest BCUT2D eigenvalue weighted by Gasteiger charge is -2.07. The van der Waals surface area contributed by atoms with Crippen LogP contribution in [0.1, 0.15) is 23.9 Å². The van der Waals surface area contributed by atoms with Crippen LogP contribution in [-0.2, 0) is 13.0 Å². The van der Waals surface area contributed by atoms with Crippen LogP contribution in [0.3, 0.4) is 0 Å². The van der Waals surface area contributed by atoms with Crippen LogP contribution in [0.25, 0.3) is 0 Å². The first-order valence-corrected chi connectivity index (χ1v) is 5.33. The molecule has 0 bridgehead atoms. The van der Waals surface area contributed by atoms with E-state index in [9.17, 15) is 0 Å². The first-order valence-electron chi connectivity index (χ1n) is 5.33. The summed E-state index contributed by atoms with van der Waals surface area (Å²) >= 11 is 0. The van der Waals surface area contributed by atoms with Crippen molar-refractivity contribution in [1.82, 2.24) is 9.55 Å². The summed E-state index contributed by atoms with van der Waals surface area (Å²) in [5, 5.41) is 9.00. The summed E-state index contributed by atoms with van der Waals surface area (Å²) in [6.45, 7) is 2.79. The van der Waals surface area contributed by atoms with E-state index >= 15 is 0 Å². The van der Waals surface area contributed by atoms with E-state index in [1.165, 1.54) is 0 Å². The Kier molecular flexibility index (Phi) is 3.02. The number of nitrogens with zero attached hydrogens (tertiary/aromatic N) is 3. The standard InChI is InChI=1S/C13H13N3/c1-2-13-15-7-8-16(13)10-12-6-4-3-5-11(12)9-14/h3-8H,2,10H2,1H3. The number of rotatable bonds is 3. The van der Waals surface area contributed by atoms with Crippen LogP contribution < -0.4 is 0 Å². The molecule has 0 unspecified atom stereocenters. The molecule has 1 aromatic carbocycles. The number of imidazole rings is 1. The minimum Gasteiger partial charge on any atom is -0.330 e. The number of aromatic nitrogens is 2. The smallest absolute Gasteiger partial charge is 0.108 e. The van der Waals surface area contributed by atoms with Crippen molar-refractivity contribution >= 4 is 0 Å². The van der Waals surface area contributed by atoms with Crippen LogP contribution in [-0.4, -0.2) is 9.55 Å². The van der Waals surface area contributed by atoms with Crippen molar-refractivity contribution in [2.24, 2.45) is 0 Å². The van der Waals surface area contributed by atoms with Crippen molar-refractivity contribution in [2.45, 2.75) is 19.9 Å². The Morgan fingerprint density at radius 1 is 1.38 bits per heavy atom. The zero-order valence-electron chi connectivity index (χ0n) is 9.22. The summed E-state index contributed by atoms with van der Waals surface area (Å²) in [5.74, 6) is 1.05. The van der Waals surface area contributed by atoms with Crippen molar-refractivity contribution in [1.29, 1.82) is 5.26 Å². The molecule has 2 rings (SSSR count). The van der Waals surface area contributed by atoms with Gasteiger partial charge in [0.15, 0.2) is 0 Å². The molecule has 0 amide bonds. The molecule has 0 atom stereocenters. The van der Waals surface area contributed by atoms with Crippen molar-refractivity contribution in [2.75, 3.05) is 0 Å². The van der Waals surface area contributed by atoms with E-state index < -0.39 is 0 Å². The Bertz CT molecular complexity index is 520. The molecular weight excluding hydrogens is 198 g/mol. The molecule has 0 spiro atoms. The second-order valence-corrected chi connectivity index (χ2v) is 3.59. The topological polar surface area (TPSA) is 41.6 Å². The van der Waals surface area contributed by atoms with Gasteiger partial charge in [0.1, 0.15) is 5.82 Å². The fourth-order valence-electron chi connectivity index (χ4n) is 1.75. The maximum atomic E-state index is 9.00. The highest BCUT2D eigenvalue weighted by molar-refractivity contribution is 5.37. The van der Waals surface area contributed by atoms with Crippen LogP contribution in [0.5, 0.6) is 0 Å². The molecule has 1 heterocycles. The summed E-state index contributed by atoms with van der Waals surface area (Å²) < 4.78 is 2.08. The molecule has 0 aliphatic rings. The minimum atomic E-state index is 0.715. The molecule has 1 aromatic heterocycles. The molecule has 3 nitrogen and oxygen atoms in total. The Labute approximate surface area is 95.0 Å². The summed E-state index contributed by atoms with van der Waals surface area (Å²) in [7, 11) is 0. The van der Waals surface area contributed by atoms with Gasteiger partial charge in [-0.25, -0.2) is 4.98 Å². The van der Waals surface area contributed by atoms with E-state index in [1.807, 2.05) is 30.5 Å². The average molecular weight is 211 g/mol. The summed E-state index contributed by atoms with van der Waals surface area (Å²) in [5.41, 5.74) is 1.77. The Balaban J connectivity index is 2.31. The van der Waals surface area contributed by atoms with Crippen LogP contribution in [0.15, 0.2) is 36.7 Å². The molecule has 2 aromatic rings. The predicted octanol–water partition coefficient (Wildman–Crippen LogP) is 2.37. The summed E-state index contributed by atoms with van der Waals surface area (Å²) in [6.07, 6.45) is 4.66. The van der Waals surface area contributed by atoms with E-state index in [0.717, 1.165) is 23.4 Å². The number of benzene rings is 1. The van der Waals surface area contributed by atoms with Gasteiger partial charge in [-0.2, -0.15) is 5.26 Å². The first-order chi connectivity index (χ1) is 7.85. The van der Waals surface area contributed by atoms with E-state index in [1.54, 1.807) is 6.20 Å². The number of hydrogen-bond donors (Lipinski definition) is 0. The minimum absolute atomic E-state index is 0.715. The Morgan fingerprint density at radius 2 is 2.19 bits per heavy atom. The van der Waals surface area contributed by atoms with Crippen LogP contribution in [0, 0.1) is 11.3 Å². The zero-order valence-corrected chi connectivity index (χ0v) is 9.22. The number of hydrogen-bond acceptors (Lipinski definition) is 2. The molecule has 0 aliphatic heterocycles. The first kappa shape index (κ1) is 10.4. The van der Waals surface area contributed by atoms with E-state index in [0.29, 0.717) is 6.54 Å². The molecule has 0 aliphatic carbocycles. The van der Waals surface area contributed by atoms with Gasteiger partial charge in [-0.3, -0.25) is 0 Å². The Hall–Kier alpha value is -2.08. The SMILES string of the molecule is CCc1nccn1Cc1ccccc1C#N. The summed E-state index contributed by atoms with van der Waals surface area (Å²) in [6, 6.07) is 9.88. The van der Waals surface area contributed by atoms with Crippen LogP contribution >= 0.6 is 0 Å². The quantitative estimate of drug-likeness (QED) is 0.782. The maximum Gasteiger partial charge on any atom is 0.108 e. The van der Waals surface area contributed by atoms with E-state index in [-0.39, 0.29) is 0 Å². The van der Waals surface area contributed by atoms with Crippen molar-refractivity contribution in [3.63, 3.8) is 0 Å². The zero-order chi connectivity index (χ0) is 11.4. The van der Waals surface area contributed by atoms with Gasteiger partial charge < -0.3 is 4.57 Å². The van der Waals surface area contributed by atoms with Crippen molar-refractivity contribution < 1.29 is 0 Å². The lowest BCUT2D eigenvalue weighted by Crippen LogP contribution is -2.04. The molecular formula is C13H13N3. The highest BCUT2D eigenvalue weighted by Gasteiger charge is 2.04. The predicted molar refractivity (Wildman–Crippen MR) is 61.9 cm³/mol. The largest absolute Gasteiger partial charge is 0.330 e. The lowest BCUT2D eigenvalue weighted by atomic mass is 10.1. The van der Waals surface area contributed by atoms with E-state index in [4.69, 9.17) is 5.26 Å². The molecule has 0 fully saturated rings. The maximum absolute atomic E-state index is 9.00. The van der Waals surface area contributed by atoms with Crippen LogP contribution in [0.4, 0.5) is 0 Å². The third kappa shape index (κ3) is 1.96. The van der Waals surface area contributed by atoms with Crippen LogP contribution in [0.2, 0.25) is 0 Å². The monoisotopic (exact) mass is 211 g/mol. The highest BCUT2D eigenvalue weighted by Crippen LogP contribution is 2.11. The molecule has 0 saturated carbocycles. The molecule has 16 heavy (non-hydrogen) atoms. The fraction of sp³-hybridized carbons (Fsp3) is 0.231. The number of aryl methyl sites for hydroxylation is 1. The van der Waals surface area contributed by atoms with Crippen molar-refractivity contribution in [3.8, 4) is 6.07 Å². The molecule has 3 heteroatoms. The summed E-state index contributed by atoms with van der Waals surface area (Å²) in [4.78, 5) is 4.27. The van der Waals surface area contributed by atoms with Gasteiger partial charge in [0, 0.05) is 18.8 Å². The van der Waals surface area contributed by atoms with Gasteiger partial charge in [0.05, 0.1) is 18.2 Å². The highest BCUT2D eigenvalue weighted by atomic mass is 15.1. The van der Waals surface area contributed by atoms with Gasteiger partial charge in [-0.1, -0.05) is 25.1 Å². The van der Waals surface area contributed by atoms with E-state index in [2.05, 4.69) is 22.5 Å². The van der Waals surface area contributed by atoms with Gasteiger partial charge in [0.25, 0.3) is 0 Å². The molecule has 0 saturated heterocycles. The van der Waals surface area contributed by atoms with Gasteiger partial charge in [-0.15, -0.1) is 0 Å². The third-order valence-electron chi connectivity index (χ3n) is 2.60. The number of nitriles is 1. The van der Waals surface area contributed by atoms with Gasteiger partial charge in [-0.05, 0) is 11.6 Å². The Morgan fingerprint density at radius 3 is 2.94 bits per heavy atom. The molecule has 0 N–H and O–H groups in total. The normalized spacial score (nSPS) is 10.0. The van der Waals surface area contributed by atoms with Gasteiger partial charge >= 0.3 is 0 Å². The molecule has 0 radical (unpaired) electrons. The van der Waals surface area contributed by atoms with Gasteiger partial charge in [0.2, 0.25) is 0 Å². The third-order valence-corrected chi connectivity index (χ3v) is 2.60. The second-order valence-electron chi connectivity index (χ2n) is 3.59. The fourth-order valence-corrected chi connectivity index (χ4v) is 1.75. The average Bonchev–Trinajstić information content (AvgIpc) is 2.77.